The van der Waals surface area contributed by atoms with E-state index < -0.39 is 0 Å². The van der Waals surface area contributed by atoms with Crippen LogP contribution in [0.15, 0.2) is 10.2 Å². The highest BCUT2D eigenvalue weighted by Gasteiger charge is 2.15. The summed E-state index contributed by atoms with van der Waals surface area (Å²) in [7, 11) is 0. The van der Waals surface area contributed by atoms with Gasteiger partial charge in [-0.1, -0.05) is 30.6 Å². The summed E-state index contributed by atoms with van der Waals surface area (Å²) in [5.41, 5.74) is 0.940. The average Bonchev–Trinajstić information content (AvgIpc) is 2.68. The van der Waals surface area contributed by atoms with Gasteiger partial charge in [-0.15, -0.1) is 0 Å². The van der Waals surface area contributed by atoms with Crippen molar-refractivity contribution in [2.45, 2.75) is 58.0 Å². The quantitative estimate of drug-likeness (QED) is 0.908. The average molecular weight is 268 g/mol. The summed E-state index contributed by atoms with van der Waals surface area (Å²) in [5.74, 6) is 0.0689. The molecule has 0 aliphatic heterocycles. The number of nitrogens with zero attached hydrogens (tertiary/aromatic N) is 1. The van der Waals surface area contributed by atoms with Crippen molar-refractivity contribution in [3.05, 3.63) is 20.7 Å². The smallest absolute Gasteiger partial charge is 0.307 e. The maximum absolute atomic E-state index is 11.8. The molecule has 1 aromatic heterocycles. The van der Waals surface area contributed by atoms with E-state index in [1.54, 1.807) is 4.57 Å². The number of aryl methyl sites for hydroxylation is 1. The van der Waals surface area contributed by atoms with Crippen molar-refractivity contribution in [3.63, 3.8) is 0 Å². The molecule has 18 heavy (non-hydrogen) atoms. The van der Waals surface area contributed by atoms with Gasteiger partial charge in [-0.05, 0) is 19.8 Å². The zero-order chi connectivity index (χ0) is 13.0. The van der Waals surface area contributed by atoms with Crippen molar-refractivity contribution >= 4 is 17.2 Å². The number of rotatable bonds is 4. The normalized spacial score (nSPS) is 16.7. The van der Waals surface area contributed by atoms with Gasteiger partial charge in [0.05, 0.1) is 0 Å². The van der Waals surface area contributed by atoms with Crippen LogP contribution in [0, 0.1) is 6.92 Å². The van der Waals surface area contributed by atoms with E-state index in [4.69, 9.17) is 0 Å². The standard InChI is InChI=1S/C13H20N2O2S/c1-10-9-18-13(17)15(10)8-7-12(16)14-11-5-3-2-4-6-11/h9,11H,2-8H2,1H3,(H,14,16). The van der Waals surface area contributed by atoms with Crippen LogP contribution < -0.4 is 10.2 Å². The highest BCUT2D eigenvalue weighted by Crippen LogP contribution is 2.17. The molecule has 1 aliphatic rings. The van der Waals surface area contributed by atoms with Crippen LogP contribution in [0.5, 0.6) is 0 Å². The fourth-order valence-corrected chi connectivity index (χ4v) is 3.20. The predicted molar refractivity (Wildman–Crippen MR) is 72.9 cm³/mol. The molecule has 0 radical (unpaired) electrons. The van der Waals surface area contributed by atoms with Gasteiger partial charge in [0.2, 0.25) is 5.91 Å². The first-order valence-corrected chi connectivity index (χ1v) is 7.49. The minimum Gasteiger partial charge on any atom is -0.353 e. The van der Waals surface area contributed by atoms with E-state index in [1.807, 2.05) is 12.3 Å². The molecular weight excluding hydrogens is 248 g/mol. The highest BCUT2D eigenvalue weighted by atomic mass is 32.1. The van der Waals surface area contributed by atoms with Crippen LogP contribution in [0.4, 0.5) is 0 Å². The first kappa shape index (κ1) is 13.3. The van der Waals surface area contributed by atoms with Gasteiger partial charge in [-0.2, -0.15) is 0 Å². The largest absolute Gasteiger partial charge is 0.353 e. The van der Waals surface area contributed by atoms with E-state index in [1.165, 1.54) is 30.6 Å². The number of hydrogen-bond donors (Lipinski definition) is 1. The van der Waals surface area contributed by atoms with Crippen LogP contribution in [0.3, 0.4) is 0 Å². The van der Waals surface area contributed by atoms with E-state index >= 15 is 0 Å². The van der Waals surface area contributed by atoms with Gasteiger partial charge in [0.1, 0.15) is 0 Å². The number of amides is 1. The Morgan fingerprint density at radius 2 is 2.17 bits per heavy atom. The Bertz CT molecular complexity index is 458. The Morgan fingerprint density at radius 3 is 2.78 bits per heavy atom. The second-order valence-electron chi connectivity index (χ2n) is 4.95. The molecule has 1 fully saturated rings. The molecular formula is C13H20N2O2S. The maximum atomic E-state index is 11.8. The first-order chi connectivity index (χ1) is 8.66. The molecule has 1 heterocycles. The van der Waals surface area contributed by atoms with E-state index in [-0.39, 0.29) is 10.8 Å². The minimum absolute atomic E-state index is 0.0259. The molecule has 0 unspecified atom stereocenters. The Kier molecular flexibility index (Phi) is 4.58. The van der Waals surface area contributed by atoms with Crippen molar-refractivity contribution < 1.29 is 4.79 Å². The molecule has 100 valence electrons. The topological polar surface area (TPSA) is 51.1 Å². The number of thiazole rings is 1. The van der Waals surface area contributed by atoms with Gasteiger partial charge in [-0.3, -0.25) is 9.59 Å². The molecule has 1 aromatic rings. The zero-order valence-corrected chi connectivity index (χ0v) is 11.6. The van der Waals surface area contributed by atoms with Crippen molar-refractivity contribution in [1.29, 1.82) is 0 Å². The summed E-state index contributed by atoms with van der Waals surface area (Å²) < 4.78 is 1.67. The second kappa shape index (κ2) is 6.18. The number of nitrogens with one attached hydrogen (secondary N) is 1. The van der Waals surface area contributed by atoms with Gasteiger partial charge in [0.25, 0.3) is 0 Å². The van der Waals surface area contributed by atoms with E-state index in [0.29, 0.717) is 19.0 Å². The zero-order valence-electron chi connectivity index (χ0n) is 10.8. The Balaban J connectivity index is 1.79. The van der Waals surface area contributed by atoms with Crippen molar-refractivity contribution in [3.8, 4) is 0 Å². The fourth-order valence-electron chi connectivity index (χ4n) is 2.43. The summed E-state index contributed by atoms with van der Waals surface area (Å²) in [4.78, 5) is 23.3. The SMILES string of the molecule is Cc1csc(=O)n1CCC(=O)NC1CCCCC1. The van der Waals surface area contributed by atoms with Crippen LogP contribution in [0.25, 0.3) is 0 Å². The highest BCUT2D eigenvalue weighted by molar-refractivity contribution is 7.07. The molecule has 1 aliphatic carbocycles. The van der Waals surface area contributed by atoms with Gasteiger partial charge >= 0.3 is 4.87 Å². The molecule has 0 spiro atoms. The second-order valence-corrected chi connectivity index (χ2v) is 5.77. The number of carbonyl (C=O) groups excluding carboxylic acids is 1. The third kappa shape index (κ3) is 3.45. The lowest BCUT2D eigenvalue weighted by Gasteiger charge is -2.22. The summed E-state index contributed by atoms with van der Waals surface area (Å²) >= 11 is 1.19. The van der Waals surface area contributed by atoms with Crippen LogP contribution in [-0.2, 0) is 11.3 Å². The minimum atomic E-state index is 0.0259. The third-order valence-electron chi connectivity index (χ3n) is 3.51. The number of hydrogen-bond acceptors (Lipinski definition) is 3. The van der Waals surface area contributed by atoms with Gasteiger partial charge in [0.15, 0.2) is 0 Å². The molecule has 0 saturated heterocycles. The van der Waals surface area contributed by atoms with Crippen LogP contribution in [0.1, 0.15) is 44.2 Å². The van der Waals surface area contributed by atoms with Crippen LogP contribution in [-0.4, -0.2) is 16.5 Å². The van der Waals surface area contributed by atoms with E-state index in [9.17, 15) is 9.59 Å². The lowest BCUT2D eigenvalue weighted by atomic mass is 9.95. The number of carbonyl (C=O) groups is 1. The van der Waals surface area contributed by atoms with Crippen molar-refractivity contribution in [2.24, 2.45) is 0 Å². The van der Waals surface area contributed by atoms with Crippen molar-refractivity contribution in [2.75, 3.05) is 0 Å². The Labute approximate surface area is 111 Å². The monoisotopic (exact) mass is 268 g/mol. The Hall–Kier alpha value is -1.10. The molecule has 0 aromatic carbocycles. The molecule has 0 atom stereocenters. The van der Waals surface area contributed by atoms with Gasteiger partial charge < -0.3 is 9.88 Å². The summed E-state index contributed by atoms with van der Waals surface area (Å²) in [5, 5.41) is 4.90. The van der Waals surface area contributed by atoms with Gasteiger partial charge in [0, 0.05) is 30.1 Å². The summed E-state index contributed by atoms with van der Waals surface area (Å²) in [6, 6.07) is 0.353. The fraction of sp³-hybridized carbons (Fsp3) is 0.692. The molecule has 5 heteroatoms. The molecule has 1 N–H and O–H groups in total. The molecule has 0 bridgehead atoms. The number of aromatic nitrogens is 1. The summed E-state index contributed by atoms with van der Waals surface area (Å²) in [6.45, 7) is 2.39. The predicted octanol–water partition coefficient (Wildman–Crippen LogP) is 2.06. The third-order valence-corrected chi connectivity index (χ3v) is 4.39. The van der Waals surface area contributed by atoms with Crippen LogP contribution in [0.2, 0.25) is 0 Å². The van der Waals surface area contributed by atoms with Gasteiger partial charge in [-0.25, -0.2) is 0 Å². The Morgan fingerprint density at radius 1 is 1.44 bits per heavy atom. The molecule has 4 nitrogen and oxygen atoms in total. The van der Waals surface area contributed by atoms with E-state index in [2.05, 4.69) is 5.32 Å². The first-order valence-electron chi connectivity index (χ1n) is 6.61. The van der Waals surface area contributed by atoms with Crippen molar-refractivity contribution in [1.82, 2.24) is 9.88 Å². The lowest BCUT2D eigenvalue weighted by Crippen LogP contribution is -2.36. The maximum Gasteiger partial charge on any atom is 0.307 e. The molecule has 1 amide bonds. The van der Waals surface area contributed by atoms with E-state index in [0.717, 1.165) is 18.5 Å². The molecule has 1 saturated carbocycles. The summed E-state index contributed by atoms with van der Waals surface area (Å²) in [6.07, 6.45) is 6.32. The lowest BCUT2D eigenvalue weighted by molar-refractivity contribution is -0.122. The molecule has 2 rings (SSSR count). The van der Waals surface area contributed by atoms with Crippen LogP contribution >= 0.6 is 11.3 Å².